The standard InChI is InChI=1S/C5H3BrF3NS.BrH/c6-1-3-4(5(7,8)9)11-2-10-3;/h2H,1H2;1H. The molecule has 1 aromatic rings. The topological polar surface area (TPSA) is 12.9 Å². The molecule has 0 aliphatic heterocycles. The van der Waals surface area contributed by atoms with Crippen LogP contribution in [0.3, 0.4) is 0 Å². The predicted molar refractivity (Wildman–Crippen MR) is 50.1 cm³/mol. The zero-order valence-electron chi connectivity index (χ0n) is 5.56. The second kappa shape index (κ2) is 4.57. The van der Waals surface area contributed by atoms with Crippen molar-refractivity contribution < 1.29 is 13.2 Å². The summed E-state index contributed by atoms with van der Waals surface area (Å²) in [5.41, 5.74) is 1.25. The Balaban J connectivity index is 0.00000121. The van der Waals surface area contributed by atoms with Crippen LogP contribution >= 0.6 is 44.2 Å². The molecule has 0 aliphatic rings. The fraction of sp³-hybridized carbons (Fsp3) is 0.400. The van der Waals surface area contributed by atoms with Gasteiger partial charge in [-0.2, -0.15) is 13.2 Å². The van der Waals surface area contributed by atoms with Gasteiger partial charge in [0, 0.05) is 5.33 Å². The number of nitrogens with zero attached hydrogens (tertiary/aromatic N) is 1. The highest BCUT2D eigenvalue weighted by Gasteiger charge is 2.35. The average Bonchev–Trinajstić information content (AvgIpc) is 2.31. The summed E-state index contributed by atoms with van der Waals surface area (Å²) in [5.74, 6) is 0. The molecular weight excluding hydrogens is 323 g/mol. The molecule has 12 heavy (non-hydrogen) atoms. The highest BCUT2D eigenvalue weighted by Crippen LogP contribution is 2.35. The van der Waals surface area contributed by atoms with Crippen LogP contribution in [-0.2, 0) is 11.5 Å². The van der Waals surface area contributed by atoms with Gasteiger partial charge >= 0.3 is 6.18 Å². The molecule has 0 saturated carbocycles. The summed E-state index contributed by atoms with van der Waals surface area (Å²) in [7, 11) is 0. The molecule has 0 amide bonds. The summed E-state index contributed by atoms with van der Waals surface area (Å²) >= 11 is 3.54. The van der Waals surface area contributed by atoms with Crippen molar-refractivity contribution in [1.82, 2.24) is 4.98 Å². The summed E-state index contributed by atoms with van der Waals surface area (Å²) < 4.78 is 36.1. The Labute approximate surface area is 89.9 Å². The Morgan fingerprint density at radius 3 is 2.42 bits per heavy atom. The maximum atomic E-state index is 12.0. The van der Waals surface area contributed by atoms with Crippen LogP contribution in [0.2, 0.25) is 0 Å². The van der Waals surface area contributed by atoms with E-state index < -0.39 is 11.1 Å². The first kappa shape index (κ1) is 12.4. The molecule has 0 fully saturated rings. The van der Waals surface area contributed by atoms with E-state index >= 15 is 0 Å². The summed E-state index contributed by atoms with van der Waals surface area (Å²) in [6.07, 6.45) is -4.26. The molecule has 1 nitrogen and oxygen atoms in total. The Bertz CT molecular complexity index is 247. The van der Waals surface area contributed by atoms with Crippen molar-refractivity contribution in [3.63, 3.8) is 0 Å². The minimum Gasteiger partial charge on any atom is -0.248 e. The lowest BCUT2D eigenvalue weighted by Gasteiger charge is -2.02. The summed E-state index contributed by atoms with van der Waals surface area (Å²) in [6, 6.07) is 0. The molecule has 0 spiro atoms. The Hall–Kier alpha value is 0.380. The molecule has 1 heterocycles. The maximum absolute atomic E-state index is 12.0. The van der Waals surface area contributed by atoms with E-state index in [2.05, 4.69) is 20.9 Å². The lowest BCUT2D eigenvalue weighted by molar-refractivity contribution is -0.134. The number of thiazole rings is 1. The van der Waals surface area contributed by atoms with Crippen LogP contribution in [-0.4, -0.2) is 4.98 Å². The molecule has 0 bridgehead atoms. The molecule has 0 atom stereocenters. The molecule has 1 rings (SSSR count). The van der Waals surface area contributed by atoms with Gasteiger partial charge in [0.25, 0.3) is 0 Å². The number of aromatic nitrogens is 1. The van der Waals surface area contributed by atoms with Gasteiger partial charge in [-0.25, -0.2) is 4.98 Å². The van der Waals surface area contributed by atoms with E-state index in [0.717, 1.165) is 0 Å². The largest absolute Gasteiger partial charge is 0.427 e. The van der Waals surface area contributed by atoms with Crippen molar-refractivity contribution in [2.45, 2.75) is 11.5 Å². The molecule has 0 aromatic carbocycles. The summed E-state index contributed by atoms with van der Waals surface area (Å²) in [4.78, 5) is 2.94. The van der Waals surface area contributed by atoms with Crippen molar-refractivity contribution in [3.05, 3.63) is 16.1 Å². The van der Waals surface area contributed by atoms with Crippen molar-refractivity contribution >= 4 is 44.2 Å². The van der Waals surface area contributed by atoms with Gasteiger partial charge in [-0.3, -0.25) is 0 Å². The maximum Gasteiger partial charge on any atom is 0.427 e. The lowest BCUT2D eigenvalue weighted by atomic mass is 10.4. The second-order valence-corrected chi connectivity index (χ2v) is 3.18. The molecule has 0 unspecified atom stereocenters. The first-order valence-corrected chi connectivity index (χ1v) is 4.61. The quantitative estimate of drug-likeness (QED) is 0.718. The average molecular weight is 327 g/mol. The fourth-order valence-electron chi connectivity index (χ4n) is 0.595. The van der Waals surface area contributed by atoms with Crippen LogP contribution < -0.4 is 0 Å². The highest BCUT2D eigenvalue weighted by atomic mass is 79.9. The van der Waals surface area contributed by atoms with Crippen LogP contribution in [0.4, 0.5) is 13.2 Å². The van der Waals surface area contributed by atoms with Gasteiger partial charge in [0.05, 0.1) is 11.2 Å². The van der Waals surface area contributed by atoms with Gasteiger partial charge in [-0.1, -0.05) is 15.9 Å². The zero-order chi connectivity index (χ0) is 8.48. The molecule has 0 saturated heterocycles. The monoisotopic (exact) mass is 325 g/mol. The summed E-state index contributed by atoms with van der Waals surface area (Å²) in [6.45, 7) is 0. The minimum atomic E-state index is -4.26. The van der Waals surface area contributed by atoms with Crippen molar-refractivity contribution in [2.24, 2.45) is 0 Å². The van der Waals surface area contributed by atoms with Crippen molar-refractivity contribution in [2.75, 3.05) is 0 Å². The van der Waals surface area contributed by atoms with Crippen LogP contribution in [0, 0.1) is 0 Å². The number of hydrogen-bond acceptors (Lipinski definition) is 2. The van der Waals surface area contributed by atoms with Gasteiger partial charge < -0.3 is 0 Å². The van der Waals surface area contributed by atoms with E-state index in [1.165, 1.54) is 5.51 Å². The minimum absolute atomic E-state index is 0. The third kappa shape index (κ3) is 2.70. The molecule has 0 aliphatic carbocycles. The zero-order valence-corrected chi connectivity index (χ0v) is 9.68. The predicted octanol–water partition coefficient (Wildman–Crippen LogP) is 3.63. The fourth-order valence-corrected chi connectivity index (χ4v) is 1.89. The van der Waals surface area contributed by atoms with Gasteiger partial charge in [-0.05, 0) is 0 Å². The van der Waals surface area contributed by atoms with E-state index in [4.69, 9.17) is 0 Å². The molecule has 1 aromatic heterocycles. The third-order valence-corrected chi connectivity index (χ3v) is 2.47. The van der Waals surface area contributed by atoms with Crippen LogP contribution in [0.5, 0.6) is 0 Å². The van der Waals surface area contributed by atoms with Crippen molar-refractivity contribution in [1.29, 1.82) is 0 Å². The van der Waals surface area contributed by atoms with Crippen molar-refractivity contribution in [3.8, 4) is 0 Å². The molecular formula is C5H4Br2F3NS. The molecule has 0 N–H and O–H groups in total. The van der Waals surface area contributed by atoms with Gasteiger partial charge in [0.1, 0.15) is 4.88 Å². The van der Waals surface area contributed by atoms with E-state index in [1.54, 1.807) is 0 Å². The van der Waals surface area contributed by atoms with Crippen LogP contribution in [0.1, 0.15) is 10.6 Å². The van der Waals surface area contributed by atoms with Gasteiger partial charge in [0.15, 0.2) is 0 Å². The first-order chi connectivity index (χ1) is 5.05. The van der Waals surface area contributed by atoms with E-state index in [0.29, 0.717) is 11.3 Å². The normalized spacial score (nSPS) is 11.0. The molecule has 70 valence electrons. The Morgan fingerprint density at radius 1 is 1.50 bits per heavy atom. The molecule has 0 radical (unpaired) electrons. The Morgan fingerprint density at radius 2 is 2.08 bits per heavy atom. The number of alkyl halides is 4. The summed E-state index contributed by atoms with van der Waals surface area (Å²) in [5, 5.41) is 0.144. The Kier molecular flexibility index (Phi) is 4.71. The number of rotatable bonds is 1. The van der Waals surface area contributed by atoms with Crippen LogP contribution in [0.15, 0.2) is 5.51 Å². The second-order valence-electron chi connectivity index (χ2n) is 1.76. The highest BCUT2D eigenvalue weighted by molar-refractivity contribution is 9.08. The molecule has 7 heteroatoms. The van der Waals surface area contributed by atoms with E-state index in [-0.39, 0.29) is 28.0 Å². The van der Waals surface area contributed by atoms with Gasteiger partial charge in [0.2, 0.25) is 0 Å². The van der Waals surface area contributed by atoms with Crippen LogP contribution in [0.25, 0.3) is 0 Å². The van der Waals surface area contributed by atoms with E-state index in [9.17, 15) is 13.2 Å². The SMILES string of the molecule is Br.FC(F)(F)c1scnc1CBr. The smallest absolute Gasteiger partial charge is 0.248 e. The first-order valence-electron chi connectivity index (χ1n) is 2.61. The lowest BCUT2D eigenvalue weighted by Crippen LogP contribution is -2.04. The van der Waals surface area contributed by atoms with Gasteiger partial charge in [-0.15, -0.1) is 28.3 Å². The number of hydrogen-bond donors (Lipinski definition) is 0. The van der Waals surface area contributed by atoms with E-state index in [1.807, 2.05) is 0 Å². The number of halogens is 5. The third-order valence-electron chi connectivity index (χ3n) is 1.03.